The van der Waals surface area contributed by atoms with E-state index < -0.39 is 17.7 Å². The number of ether oxygens (including phenoxy) is 2. The van der Waals surface area contributed by atoms with Gasteiger partial charge in [0, 0.05) is 25.3 Å². The quantitative estimate of drug-likeness (QED) is 0.171. The molecule has 1 saturated heterocycles. The normalized spacial score (nSPS) is 16.6. The minimum absolute atomic E-state index is 0.0102. The Bertz CT molecular complexity index is 1560. The zero-order valence-corrected chi connectivity index (χ0v) is 23.0. The molecule has 1 amide bonds. The number of ketones is 1. The monoisotopic (exact) mass is 543 g/mol. The number of benzene rings is 3. The number of rotatable bonds is 8. The number of fused-ring (bicyclic) bond motifs is 1. The number of anilines is 2. The Hall–Kier alpha value is -4.37. The van der Waals surface area contributed by atoms with Crippen LogP contribution in [-0.2, 0) is 9.59 Å². The molecular weight excluding hydrogens is 514 g/mol. The largest absolute Gasteiger partial charge is 0.507 e. The van der Waals surface area contributed by atoms with Crippen molar-refractivity contribution in [3.63, 3.8) is 0 Å². The third-order valence-corrected chi connectivity index (χ3v) is 7.49. The van der Waals surface area contributed by atoms with Gasteiger partial charge in [-0.25, -0.2) is 4.98 Å². The fourth-order valence-electron chi connectivity index (χ4n) is 4.58. The van der Waals surface area contributed by atoms with Crippen LogP contribution in [0.5, 0.6) is 11.5 Å². The number of aromatic nitrogens is 1. The third kappa shape index (κ3) is 4.93. The van der Waals surface area contributed by atoms with Crippen LogP contribution in [0.2, 0.25) is 0 Å². The number of nitrogens with zero attached hydrogens (tertiary/aromatic N) is 3. The lowest BCUT2D eigenvalue weighted by Crippen LogP contribution is -2.29. The van der Waals surface area contributed by atoms with E-state index in [0.717, 1.165) is 10.4 Å². The van der Waals surface area contributed by atoms with Crippen molar-refractivity contribution in [1.82, 2.24) is 4.98 Å². The van der Waals surface area contributed by atoms with Gasteiger partial charge >= 0.3 is 5.91 Å². The molecule has 39 heavy (non-hydrogen) atoms. The molecule has 2 heterocycles. The van der Waals surface area contributed by atoms with Crippen molar-refractivity contribution >= 4 is 49.8 Å². The van der Waals surface area contributed by atoms with Gasteiger partial charge < -0.3 is 19.5 Å². The maximum Gasteiger partial charge on any atom is 0.301 e. The van der Waals surface area contributed by atoms with Gasteiger partial charge in [0.25, 0.3) is 5.78 Å². The second-order valence-electron chi connectivity index (χ2n) is 9.17. The van der Waals surface area contributed by atoms with Gasteiger partial charge in [0.1, 0.15) is 17.3 Å². The van der Waals surface area contributed by atoms with E-state index in [1.165, 1.54) is 16.2 Å². The van der Waals surface area contributed by atoms with Crippen LogP contribution >= 0.6 is 11.3 Å². The van der Waals surface area contributed by atoms with Crippen LogP contribution in [0, 0.1) is 0 Å². The number of carbonyl (C=O) groups excluding carboxylic acids is 2. The number of thiazole rings is 1. The topological polar surface area (TPSA) is 92.2 Å². The summed E-state index contributed by atoms with van der Waals surface area (Å²) in [7, 11) is 3.87. The summed E-state index contributed by atoms with van der Waals surface area (Å²) in [5.74, 6) is -0.411. The maximum absolute atomic E-state index is 13.5. The number of Topliss-reactive ketones (excluding diaryl/α,β-unsaturated/α-hetero) is 1. The van der Waals surface area contributed by atoms with Crippen molar-refractivity contribution in [3.05, 3.63) is 83.4 Å². The highest BCUT2D eigenvalue weighted by Crippen LogP contribution is 2.45. The smallest absolute Gasteiger partial charge is 0.301 e. The van der Waals surface area contributed by atoms with E-state index in [4.69, 9.17) is 9.47 Å². The van der Waals surface area contributed by atoms with Crippen LogP contribution in [0.1, 0.15) is 31.0 Å². The fraction of sp³-hybridized carbons (Fsp3) is 0.233. The summed E-state index contributed by atoms with van der Waals surface area (Å²) < 4.78 is 12.0. The van der Waals surface area contributed by atoms with Crippen LogP contribution in [0.15, 0.2) is 72.3 Å². The minimum atomic E-state index is -0.861. The molecule has 0 radical (unpaired) electrons. The van der Waals surface area contributed by atoms with E-state index in [1.54, 1.807) is 24.3 Å². The van der Waals surface area contributed by atoms with E-state index in [-0.39, 0.29) is 11.3 Å². The van der Waals surface area contributed by atoms with Crippen molar-refractivity contribution < 1.29 is 24.2 Å². The second kappa shape index (κ2) is 10.8. The van der Waals surface area contributed by atoms with E-state index in [2.05, 4.69) is 4.98 Å². The Morgan fingerprint density at radius 2 is 1.59 bits per heavy atom. The molecule has 0 saturated carbocycles. The number of aliphatic hydroxyl groups is 1. The first-order chi connectivity index (χ1) is 18.8. The van der Waals surface area contributed by atoms with Crippen molar-refractivity contribution in [2.24, 2.45) is 0 Å². The standard InChI is InChI=1S/C30H29N3O5S/c1-5-37-21-13-9-19(10-14-21)27(34)25-26(18-7-11-20(12-8-18)32(3)4)33(29(36)28(25)35)30-31-23-16-15-22(38-6-2)17-24(23)39-30/h7-17,26,34H,5-6H2,1-4H3/b27-25+. The van der Waals surface area contributed by atoms with Gasteiger partial charge in [0.2, 0.25) is 0 Å². The first-order valence-corrected chi connectivity index (χ1v) is 13.5. The molecule has 1 unspecified atom stereocenters. The molecule has 1 fully saturated rings. The summed E-state index contributed by atoms with van der Waals surface area (Å²) >= 11 is 1.30. The van der Waals surface area contributed by atoms with E-state index in [1.807, 2.05) is 75.3 Å². The molecule has 0 aliphatic carbocycles. The average Bonchev–Trinajstić information content (AvgIpc) is 3.47. The third-order valence-electron chi connectivity index (χ3n) is 6.47. The van der Waals surface area contributed by atoms with Crippen LogP contribution in [0.4, 0.5) is 10.8 Å². The molecule has 1 atom stereocenters. The van der Waals surface area contributed by atoms with Gasteiger partial charge in [-0.05, 0) is 74.0 Å². The van der Waals surface area contributed by atoms with Crippen LogP contribution in [0.3, 0.4) is 0 Å². The second-order valence-corrected chi connectivity index (χ2v) is 10.2. The number of hydrogen-bond donors (Lipinski definition) is 1. The van der Waals surface area contributed by atoms with Crippen molar-refractivity contribution in [2.75, 3.05) is 37.1 Å². The molecule has 1 aliphatic rings. The Kier molecular flexibility index (Phi) is 7.26. The molecule has 4 aromatic rings. The Balaban J connectivity index is 1.65. The highest BCUT2D eigenvalue weighted by molar-refractivity contribution is 7.22. The van der Waals surface area contributed by atoms with Crippen LogP contribution in [-0.4, -0.2) is 49.1 Å². The Morgan fingerprint density at radius 1 is 0.949 bits per heavy atom. The minimum Gasteiger partial charge on any atom is -0.507 e. The van der Waals surface area contributed by atoms with Gasteiger partial charge in [-0.2, -0.15) is 0 Å². The lowest BCUT2D eigenvalue weighted by molar-refractivity contribution is -0.132. The van der Waals surface area contributed by atoms with Crippen molar-refractivity contribution in [2.45, 2.75) is 19.9 Å². The van der Waals surface area contributed by atoms with Crippen LogP contribution in [0.25, 0.3) is 16.0 Å². The van der Waals surface area contributed by atoms with Gasteiger partial charge in [-0.1, -0.05) is 23.5 Å². The lowest BCUT2D eigenvalue weighted by atomic mass is 9.95. The summed E-state index contributed by atoms with van der Waals surface area (Å²) in [5.41, 5.74) is 2.76. The van der Waals surface area contributed by atoms with Crippen molar-refractivity contribution in [3.8, 4) is 11.5 Å². The molecule has 200 valence electrons. The lowest BCUT2D eigenvalue weighted by Gasteiger charge is -2.23. The molecule has 0 bridgehead atoms. The van der Waals surface area contributed by atoms with Gasteiger partial charge in [-0.3, -0.25) is 14.5 Å². The maximum atomic E-state index is 13.5. The molecule has 5 rings (SSSR count). The predicted octanol–water partition coefficient (Wildman–Crippen LogP) is 5.79. The zero-order valence-electron chi connectivity index (χ0n) is 22.2. The fourth-order valence-corrected chi connectivity index (χ4v) is 5.60. The summed E-state index contributed by atoms with van der Waals surface area (Å²) in [5, 5.41) is 11.8. The molecule has 8 nitrogen and oxygen atoms in total. The molecule has 9 heteroatoms. The number of aliphatic hydroxyl groups excluding tert-OH is 1. The van der Waals surface area contributed by atoms with Crippen molar-refractivity contribution in [1.29, 1.82) is 0 Å². The SMILES string of the molecule is CCOc1ccc(/C(O)=C2\C(=O)C(=O)N(c3nc4ccc(OCC)cc4s3)C2c2ccc(N(C)C)cc2)cc1. The molecule has 1 N–H and O–H groups in total. The van der Waals surface area contributed by atoms with E-state index in [0.29, 0.717) is 46.5 Å². The van der Waals surface area contributed by atoms with Gasteiger partial charge in [0.05, 0.1) is 35.0 Å². The Labute approximate surface area is 230 Å². The molecule has 3 aromatic carbocycles. The van der Waals surface area contributed by atoms with E-state index in [9.17, 15) is 14.7 Å². The summed E-state index contributed by atoms with van der Waals surface area (Å²) in [4.78, 5) is 35.1. The number of carbonyl (C=O) groups is 2. The van der Waals surface area contributed by atoms with Gasteiger partial charge in [-0.15, -0.1) is 0 Å². The Morgan fingerprint density at radius 3 is 2.23 bits per heavy atom. The summed E-state index contributed by atoms with van der Waals surface area (Å²) in [6, 6.07) is 19.0. The highest BCUT2D eigenvalue weighted by Gasteiger charge is 2.48. The predicted molar refractivity (Wildman–Crippen MR) is 154 cm³/mol. The number of amides is 1. The van der Waals surface area contributed by atoms with E-state index >= 15 is 0 Å². The molecule has 1 aromatic heterocycles. The first-order valence-electron chi connectivity index (χ1n) is 12.7. The first kappa shape index (κ1) is 26.2. The summed E-state index contributed by atoms with van der Waals surface area (Å²) in [6.45, 7) is 4.83. The van der Waals surface area contributed by atoms with Crippen LogP contribution < -0.4 is 19.3 Å². The number of hydrogen-bond acceptors (Lipinski definition) is 8. The zero-order chi connectivity index (χ0) is 27.7. The molecular formula is C30H29N3O5S. The van der Waals surface area contributed by atoms with Gasteiger partial charge in [0.15, 0.2) is 5.13 Å². The molecule has 0 spiro atoms. The average molecular weight is 544 g/mol. The highest BCUT2D eigenvalue weighted by atomic mass is 32.1. The summed E-state index contributed by atoms with van der Waals surface area (Å²) in [6.07, 6.45) is 0. The molecule has 1 aliphatic heterocycles.